The van der Waals surface area contributed by atoms with Crippen LogP contribution in [0, 0.1) is 0 Å². The van der Waals surface area contributed by atoms with Crippen LogP contribution in [0.2, 0.25) is 5.02 Å². The Morgan fingerprint density at radius 3 is 2.70 bits per heavy atom. The fourth-order valence-corrected chi connectivity index (χ4v) is 2.99. The molecule has 0 atom stereocenters. The summed E-state index contributed by atoms with van der Waals surface area (Å²) in [5, 5.41) is 4.07. The van der Waals surface area contributed by atoms with Crippen LogP contribution < -0.4 is 10.1 Å². The van der Waals surface area contributed by atoms with Gasteiger partial charge in [0.05, 0.1) is 19.8 Å². The van der Waals surface area contributed by atoms with E-state index in [2.05, 4.69) is 22.0 Å². The molecule has 1 saturated heterocycles. The Kier molecular flexibility index (Phi) is 10.3. The van der Waals surface area contributed by atoms with Gasteiger partial charge in [0.25, 0.3) is 0 Å². The molecule has 1 aromatic carbocycles. The second kappa shape index (κ2) is 12.8. The van der Waals surface area contributed by atoms with E-state index in [4.69, 9.17) is 26.1 Å². The second-order valence-electron chi connectivity index (χ2n) is 6.62. The second-order valence-corrected chi connectivity index (χ2v) is 7.06. The van der Waals surface area contributed by atoms with Gasteiger partial charge in [-0.2, -0.15) is 0 Å². The largest absolute Gasteiger partial charge is 0.492 e. The number of likely N-dealkylation sites (N-methyl/N-ethyl adjacent to an activating group) is 1. The van der Waals surface area contributed by atoms with Crippen LogP contribution in [0.3, 0.4) is 0 Å². The molecule has 1 heterocycles. The van der Waals surface area contributed by atoms with Gasteiger partial charge < -0.3 is 19.7 Å². The standard InChI is InChI=1S/C20H33ClN4O2/c1-3-22-20(23-10-4-5-11-25-13-15-26-16-14-25)24(2)12-17-27-19-8-6-18(21)7-9-19/h6-9H,3-5,10-17H2,1-2H3,(H,22,23). The lowest BCUT2D eigenvalue weighted by Crippen LogP contribution is -2.41. The number of morpholine rings is 1. The van der Waals surface area contributed by atoms with E-state index in [1.54, 1.807) is 0 Å². The highest BCUT2D eigenvalue weighted by Gasteiger charge is 2.09. The van der Waals surface area contributed by atoms with Gasteiger partial charge in [-0.3, -0.25) is 9.89 Å². The zero-order chi connectivity index (χ0) is 19.3. The van der Waals surface area contributed by atoms with Crippen molar-refractivity contribution in [2.45, 2.75) is 19.8 Å². The molecule has 0 radical (unpaired) electrons. The maximum atomic E-state index is 5.89. The fraction of sp³-hybridized carbons (Fsp3) is 0.650. The molecule has 1 aliphatic rings. The topological polar surface area (TPSA) is 49.3 Å². The molecule has 7 heteroatoms. The molecule has 2 rings (SSSR count). The molecule has 6 nitrogen and oxygen atoms in total. The van der Waals surface area contributed by atoms with Gasteiger partial charge in [-0.05, 0) is 50.6 Å². The first kappa shape index (κ1) is 21.8. The number of benzene rings is 1. The number of rotatable bonds is 10. The highest BCUT2D eigenvalue weighted by atomic mass is 35.5. The Morgan fingerprint density at radius 2 is 2.00 bits per heavy atom. The van der Waals surface area contributed by atoms with Gasteiger partial charge in [-0.25, -0.2) is 0 Å². The minimum atomic E-state index is 0.597. The number of ether oxygens (including phenoxy) is 2. The predicted octanol–water partition coefficient (Wildman–Crippen LogP) is 2.73. The van der Waals surface area contributed by atoms with Crippen LogP contribution in [0.5, 0.6) is 5.75 Å². The third kappa shape index (κ3) is 8.82. The van der Waals surface area contributed by atoms with Crippen molar-refractivity contribution in [1.29, 1.82) is 0 Å². The van der Waals surface area contributed by atoms with E-state index in [9.17, 15) is 0 Å². The first-order chi connectivity index (χ1) is 13.2. The van der Waals surface area contributed by atoms with Crippen LogP contribution >= 0.6 is 11.6 Å². The van der Waals surface area contributed by atoms with Crippen molar-refractivity contribution in [2.24, 2.45) is 4.99 Å². The monoisotopic (exact) mass is 396 g/mol. The molecule has 1 aromatic rings. The highest BCUT2D eigenvalue weighted by molar-refractivity contribution is 6.30. The third-order valence-electron chi connectivity index (χ3n) is 4.45. The summed E-state index contributed by atoms with van der Waals surface area (Å²) in [6.07, 6.45) is 2.27. The van der Waals surface area contributed by atoms with E-state index in [1.165, 1.54) is 6.42 Å². The van der Waals surface area contributed by atoms with Gasteiger partial charge in [0.15, 0.2) is 5.96 Å². The van der Waals surface area contributed by atoms with Gasteiger partial charge in [-0.15, -0.1) is 0 Å². The van der Waals surface area contributed by atoms with Crippen LogP contribution in [0.15, 0.2) is 29.3 Å². The number of halogens is 1. The van der Waals surface area contributed by atoms with E-state index >= 15 is 0 Å². The number of nitrogens with zero attached hydrogens (tertiary/aromatic N) is 3. The molecule has 0 unspecified atom stereocenters. The summed E-state index contributed by atoms with van der Waals surface area (Å²) in [6, 6.07) is 7.44. The van der Waals surface area contributed by atoms with Gasteiger partial charge in [0.2, 0.25) is 0 Å². The maximum absolute atomic E-state index is 5.89. The molecular weight excluding hydrogens is 364 g/mol. The summed E-state index contributed by atoms with van der Waals surface area (Å²) in [5.41, 5.74) is 0. The molecule has 27 heavy (non-hydrogen) atoms. The summed E-state index contributed by atoms with van der Waals surface area (Å²) in [7, 11) is 2.04. The Hall–Kier alpha value is -1.50. The first-order valence-corrected chi connectivity index (χ1v) is 10.2. The number of guanidine groups is 1. The lowest BCUT2D eigenvalue weighted by atomic mass is 10.3. The molecule has 152 valence electrons. The normalized spacial score (nSPS) is 15.6. The summed E-state index contributed by atoms with van der Waals surface area (Å²) in [5.74, 6) is 1.77. The van der Waals surface area contributed by atoms with Crippen LogP contribution in [0.4, 0.5) is 0 Å². The van der Waals surface area contributed by atoms with E-state index in [0.29, 0.717) is 6.61 Å². The number of hydrogen-bond donors (Lipinski definition) is 1. The summed E-state index contributed by atoms with van der Waals surface area (Å²) in [4.78, 5) is 9.33. The average Bonchev–Trinajstić information content (AvgIpc) is 2.69. The molecule has 0 amide bonds. The molecule has 0 saturated carbocycles. The molecule has 1 aliphatic heterocycles. The number of unbranched alkanes of at least 4 members (excludes halogenated alkanes) is 1. The van der Waals surface area contributed by atoms with Gasteiger partial charge in [0, 0.05) is 38.2 Å². The summed E-state index contributed by atoms with van der Waals surface area (Å²) >= 11 is 5.89. The smallest absolute Gasteiger partial charge is 0.193 e. The molecular formula is C20H33ClN4O2. The van der Waals surface area contributed by atoms with Crippen molar-refractivity contribution in [3.63, 3.8) is 0 Å². The van der Waals surface area contributed by atoms with Gasteiger partial charge >= 0.3 is 0 Å². The van der Waals surface area contributed by atoms with E-state index in [0.717, 1.165) is 75.6 Å². The molecule has 1 fully saturated rings. The van der Waals surface area contributed by atoms with Crippen LogP contribution in [0.1, 0.15) is 19.8 Å². The van der Waals surface area contributed by atoms with E-state index in [-0.39, 0.29) is 0 Å². The van der Waals surface area contributed by atoms with Gasteiger partial charge in [0.1, 0.15) is 12.4 Å². The molecule has 0 bridgehead atoms. The lowest BCUT2D eigenvalue weighted by molar-refractivity contribution is 0.0373. The van der Waals surface area contributed by atoms with E-state index < -0.39 is 0 Å². The fourth-order valence-electron chi connectivity index (χ4n) is 2.86. The van der Waals surface area contributed by atoms with Crippen molar-refractivity contribution in [1.82, 2.24) is 15.1 Å². The number of hydrogen-bond acceptors (Lipinski definition) is 4. The molecule has 0 aliphatic carbocycles. The van der Waals surface area contributed by atoms with Crippen molar-refractivity contribution in [2.75, 3.05) is 66.1 Å². The number of aliphatic imine (C=N–C) groups is 1. The van der Waals surface area contributed by atoms with Crippen molar-refractivity contribution in [3.05, 3.63) is 29.3 Å². The maximum Gasteiger partial charge on any atom is 0.193 e. The van der Waals surface area contributed by atoms with E-state index in [1.807, 2.05) is 31.3 Å². The summed E-state index contributed by atoms with van der Waals surface area (Å²) < 4.78 is 11.2. The van der Waals surface area contributed by atoms with Crippen LogP contribution in [0.25, 0.3) is 0 Å². The minimum absolute atomic E-state index is 0.597. The molecule has 0 spiro atoms. The predicted molar refractivity (Wildman–Crippen MR) is 112 cm³/mol. The third-order valence-corrected chi connectivity index (χ3v) is 4.71. The van der Waals surface area contributed by atoms with Crippen molar-refractivity contribution < 1.29 is 9.47 Å². The van der Waals surface area contributed by atoms with Crippen LogP contribution in [-0.2, 0) is 4.74 Å². The molecule has 0 aromatic heterocycles. The van der Waals surface area contributed by atoms with Crippen molar-refractivity contribution >= 4 is 17.6 Å². The quantitative estimate of drug-likeness (QED) is 0.374. The Bertz CT molecular complexity index is 547. The molecule has 1 N–H and O–H groups in total. The Labute approximate surface area is 168 Å². The number of nitrogens with one attached hydrogen (secondary N) is 1. The SMILES string of the molecule is CCNC(=NCCCCN1CCOCC1)N(C)CCOc1ccc(Cl)cc1. The Morgan fingerprint density at radius 1 is 1.26 bits per heavy atom. The minimum Gasteiger partial charge on any atom is -0.492 e. The highest BCUT2D eigenvalue weighted by Crippen LogP contribution is 2.15. The van der Waals surface area contributed by atoms with Crippen LogP contribution in [-0.4, -0.2) is 81.9 Å². The summed E-state index contributed by atoms with van der Waals surface area (Å²) in [6.45, 7) is 10.1. The zero-order valence-electron chi connectivity index (χ0n) is 16.6. The average molecular weight is 397 g/mol. The first-order valence-electron chi connectivity index (χ1n) is 9.87. The zero-order valence-corrected chi connectivity index (χ0v) is 17.4. The lowest BCUT2D eigenvalue weighted by Gasteiger charge is -2.26. The van der Waals surface area contributed by atoms with Crippen molar-refractivity contribution in [3.8, 4) is 5.75 Å². The van der Waals surface area contributed by atoms with Gasteiger partial charge in [-0.1, -0.05) is 11.6 Å². The Balaban J connectivity index is 1.66.